The molecule has 2 amide bonds. The Bertz CT molecular complexity index is 1500. The fourth-order valence-electron chi connectivity index (χ4n) is 4.87. The lowest BCUT2D eigenvalue weighted by Crippen LogP contribution is -2.44. The summed E-state index contributed by atoms with van der Waals surface area (Å²) in [6.45, 7) is 2.29. The highest BCUT2D eigenvalue weighted by Crippen LogP contribution is 2.31. The minimum atomic E-state index is -0.436. The number of hydrogen-bond donors (Lipinski definition) is 0. The van der Waals surface area contributed by atoms with E-state index in [9.17, 15) is 14.0 Å². The van der Waals surface area contributed by atoms with Gasteiger partial charge in [0.25, 0.3) is 5.91 Å². The van der Waals surface area contributed by atoms with Crippen molar-refractivity contribution in [1.82, 2.24) is 20.0 Å². The molecule has 2 aromatic carbocycles. The van der Waals surface area contributed by atoms with Gasteiger partial charge in [0.15, 0.2) is 17.3 Å². The normalized spacial score (nSPS) is 13.4. The molecule has 1 fully saturated rings. The quantitative estimate of drug-likeness (QED) is 0.293. The third-order valence-corrected chi connectivity index (χ3v) is 7.13. The van der Waals surface area contributed by atoms with Gasteiger partial charge in [-0.2, -0.15) is 0 Å². The van der Waals surface area contributed by atoms with Crippen LogP contribution in [0.1, 0.15) is 22.5 Å². The van der Waals surface area contributed by atoms with E-state index in [4.69, 9.17) is 13.9 Å². The van der Waals surface area contributed by atoms with Gasteiger partial charge >= 0.3 is 0 Å². The number of anilines is 1. The third-order valence-electron chi connectivity index (χ3n) is 7.13. The second kappa shape index (κ2) is 13.2. The number of hydrogen-bond acceptors (Lipinski definition) is 8. The van der Waals surface area contributed by atoms with Crippen LogP contribution in [-0.4, -0.2) is 78.8 Å². The van der Waals surface area contributed by atoms with Crippen LogP contribution in [0.2, 0.25) is 0 Å². The van der Waals surface area contributed by atoms with E-state index >= 15 is 0 Å². The molecule has 0 radical (unpaired) electrons. The maximum Gasteiger partial charge on any atom is 0.254 e. The molecule has 5 rings (SSSR count). The van der Waals surface area contributed by atoms with Gasteiger partial charge < -0.3 is 28.6 Å². The van der Waals surface area contributed by atoms with Crippen LogP contribution in [0.3, 0.4) is 0 Å². The molecule has 0 N–H and O–H groups in total. The van der Waals surface area contributed by atoms with Crippen molar-refractivity contribution in [2.24, 2.45) is 0 Å². The molecular weight excluding hydrogens is 541 g/mol. The summed E-state index contributed by atoms with van der Waals surface area (Å²) in [5, 5.41) is 8.88. The topological polar surface area (TPSA) is 101 Å². The highest BCUT2D eigenvalue weighted by atomic mass is 19.1. The van der Waals surface area contributed by atoms with Crippen LogP contribution in [0.5, 0.6) is 11.5 Å². The van der Waals surface area contributed by atoms with Crippen molar-refractivity contribution in [2.45, 2.75) is 13.0 Å². The van der Waals surface area contributed by atoms with Gasteiger partial charge in [-0.1, -0.05) is 0 Å². The first-order valence-electron chi connectivity index (χ1n) is 13.6. The Morgan fingerprint density at radius 2 is 1.74 bits per heavy atom. The number of halogens is 1. The molecule has 0 saturated carbocycles. The van der Waals surface area contributed by atoms with E-state index in [-0.39, 0.29) is 24.9 Å². The second-order valence-electron chi connectivity index (χ2n) is 9.82. The van der Waals surface area contributed by atoms with Crippen molar-refractivity contribution in [1.29, 1.82) is 0 Å². The molecule has 42 heavy (non-hydrogen) atoms. The first kappa shape index (κ1) is 28.6. The molecule has 0 unspecified atom stereocenters. The summed E-state index contributed by atoms with van der Waals surface area (Å²) in [5.74, 6) is 1.54. The fraction of sp³-hybridized carbons (Fsp3) is 0.290. The predicted octanol–water partition coefficient (Wildman–Crippen LogP) is 4.27. The fourth-order valence-corrected chi connectivity index (χ4v) is 4.87. The van der Waals surface area contributed by atoms with Crippen molar-refractivity contribution in [3.8, 4) is 22.8 Å². The van der Waals surface area contributed by atoms with E-state index in [0.29, 0.717) is 54.7 Å². The zero-order valence-corrected chi connectivity index (χ0v) is 23.5. The Morgan fingerprint density at radius 3 is 2.43 bits per heavy atom. The van der Waals surface area contributed by atoms with Crippen LogP contribution in [0.15, 0.2) is 77.4 Å². The molecule has 1 saturated heterocycles. The molecule has 218 valence electrons. The summed E-state index contributed by atoms with van der Waals surface area (Å²) in [7, 11) is 3.18. The summed E-state index contributed by atoms with van der Waals surface area (Å²) >= 11 is 0. The predicted molar refractivity (Wildman–Crippen MR) is 154 cm³/mol. The number of amides is 2. The van der Waals surface area contributed by atoms with Gasteiger partial charge in [0.05, 0.1) is 32.7 Å². The zero-order chi connectivity index (χ0) is 29.5. The Hall–Kier alpha value is -4.93. The molecule has 0 bridgehead atoms. The van der Waals surface area contributed by atoms with Gasteiger partial charge in [-0.3, -0.25) is 9.59 Å². The first-order valence-corrected chi connectivity index (χ1v) is 13.6. The lowest BCUT2D eigenvalue weighted by molar-refractivity contribution is -0.131. The molecule has 2 aromatic heterocycles. The molecule has 0 atom stereocenters. The molecule has 0 spiro atoms. The molecule has 0 aliphatic carbocycles. The number of carbonyl (C=O) groups excluding carboxylic acids is 2. The maximum atomic E-state index is 13.4. The molecule has 10 nitrogen and oxygen atoms in total. The van der Waals surface area contributed by atoms with E-state index in [0.717, 1.165) is 17.8 Å². The van der Waals surface area contributed by atoms with E-state index < -0.39 is 5.82 Å². The zero-order valence-electron chi connectivity index (χ0n) is 23.5. The van der Waals surface area contributed by atoms with Crippen molar-refractivity contribution in [3.63, 3.8) is 0 Å². The van der Waals surface area contributed by atoms with Crippen molar-refractivity contribution in [2.75, 3.05) is 51.8 Å². The summed E-state index contributed by atoms with van der Waals surface area (Å²) in [4.78, 5) is 31.9. The molecule has 1 aliphatic heterocycles. The summed E-state index contributed by atoms with van der Waals surface area (Å²) < 4.78 is 29.6. The van der Waals surface area contributed by atoms with Gasteiger partial charge in [0.1, 0.15) is 18.1 Å². The van der Waals surface area contributed by atoms with Crippen LogP contribution in [0, 0.1) is 5.82 Å². The maximum absolute atomic E-state index is 13.4. The van der Waals surface area contributed by atoms with Crippen LogP contribution >= 0.6 is 0 Å². The van der Waals surface area contributed by atoms with E-state index in [1.165, 1.54) is 35.4 Å². The first-order chi connectivity index (χ1) is 20.4. The van der Waals surface area contributed by atoms with Gasteiger partial charge in [0, 0.05) is 37.3 Å². The van der Waals surface area contributed by atoms with Gasteiger partial charge in [-0.05, 0) is 73.2 Å². The number of carbonyl (C=O) groups is 2. The van der Waals surface area contributed by atoms with Crippen molar-refractivity contribution in [3.05, 3.63) is 90.1 Å². The summed E-state index contributed by atoms with van der Waals surface area (Å²) in [5.41, 5.74) is 1.86. The molecule has 3 heterocycles. The van der Waals surface area contributed by atoms with Crippen LogP contribution in [0.25, 0.3) is 11.3 Å². The van der Waals surface area contributed by atoms with Gasteiger partial charge in [-0.15, -0.1) is 10.2 Å². The number of aromatic nitrogens is 2. The van der Waals surface area contributed by atoms with Crippen LogP contribution in [-0.2, 0) is 11.3 Å². The molecular formula is C31H32FN5O5. The van der Waals surface area contributed by atoms with Crippen LogP contribution < -0.4 is 14.4 Å². The molecule has 11 heteroatoms. The van der Waals surface area contributed by atoms with Gasteiger partial charge in [0.2, 0.25) is 5.91 Å². The standard InChI is InChI=1S/C31H32FN5O5/c1-40-27-12-8-23(19-28(27)41-2)26-11-13-29(34-33-26)35-14-4-15-36(17-16-35)30(38)21-37(20-25-5-3-18-42-25)31(39)22-6-9-24(32)10-7-22/h3,5-13,18-19H,4,14-17,20-21H2,1-2H3. The molecule has 4 aromatic rings. The summed E-state index contributed by atoms with van der Waals surface area (Å²) in [6, 6.07) is 18.2. The Morgan fingerprint density at radius 1 is 0.929 bits per heavy atom. The van der Waals surface area contributed by atoms with E-state index in [1.807, 2.05) is 30.3 Å². The Balaban J connectivity index is 1.23. The number of benzene rings is 2. The van der Waals surface area contributed by atoms with E-state index in [1.54, 1.807) is 31.3 Å². The Labute approximate surface area is 243 Å². The largest absolute Gasteiger partial charge is 0.493 e. The third kappa shape index (κ3) is 6.68. The smallest absolute Gasteiger partial charge is 0.254 e. The lowest BCUT2D eigenvalue weighted by Gasteiger charge is -2.27. The minimum absolute atomic E-state index is 0.122. The number of furan rings is 1. The number of nitrogens with zero attached hydrogens (tertiary/aromatic N) is 5. The highest BCUT2D eigenvalue weighted by Gasteiger charge is 2.25. The average Bonchev–Trinajstić information content (AvgIpc) is 3.41. The van der Waals surface area contributed by atoms with Crippen molar-refractivity contribution >= 4 is 17.6 Å². The summed E-state index contributed by atoms with van der Waals surface area (Å²) in [6.07, 6.45) is 2.25. The number of ether oxygens (including phenoxy) is 2. The highest BCUT2D eigenvalue weighted by molar-refractivity contribution is 5.96. The number of rotatable bonds is 9. The average molecular weight is 574 g/mol. The van der Waals surface area contributed by atoms with Crippen LogP contribution in [0.4, 0.5) is 10.2 Å². The monoisotopic (exact) mass is 573 g/mol. The molecule has 1 aliphatic rings. The Kier molecular flexibility index (Phi) is 8.96. The lowest BCUT2D eigenvalue weighted by atomic mass is 10.1. The SMILES string of the molecule is COc1ccc(-c2ccc(N3CCCN(C(=O)CN(Cc4ccco4)C(=O)c4ccc(F)cc4)CC3)nn2)cc1OC. The minimum Gasteiger partial charge on any atom is -0.493 e. The van der Waals surface area contributed by atoms with Crippen molar-refractivity contribution < 1.29 is 27.9 Å². The van der Waals surface area contributed by atoms with Gasteiger partial charge in [-0.25, -0.2) is 4.39 Å². The van der Waals surface area contributed by atoms with E-state index in [2.05, 4.69) is 15.1 Å². The second-order valence-corrected chi connectivity index (χ2v) is 9.82. The number of methoxy groups -OCH3 is 2.